The lowest BCUT2D eigenvalue weighted by Crippen LogP contribution is -2.43. The summed E-state index contributed by atoms with van der Waals surface area (Å²) in [6.07, 6.45) is 0.468. The van der Waals surface area contributed by atoms with E-state index in [1.54, 1.807) is 18.2 Å². The maximum atomic E-state index is 10.9. The Morgan fingerprint density at radius 3 is 2.93 bits per heavy atom. The number of hydrogen-bond donors (Lipinski definition) is 3. The van der Waals surface area contributed by atoms with Gasteiger partial charge in [-0.1, -0.05) is 6.07 Å². The first kappa shape index (κ1) is 9.98. The molecule has 0 bridgehead atoms. The van der Waals surface area contributed by atoms with Crippen molar-refractivity contribution < 1.29 is 15.0 Å². The van der Waals surface area contributed by atoms with Crippen LogP contribution in [0.5, 0.6) is 5.75 Å². The zero-order valence-corrected chi connectivity index (χ0v) is 8.40. The number of carbonyl (C=O) groups is 1. The number of carboxylic acids is 1. The lowest BCUT2D eigenvalue weighted by Gasteiger charge is -2.28. The summed E-state index contributed by atoms with van der Waals surface area (Å²) in [5.74, 6) is -0.614. The van der Waals surface area contributed by atoms with Gasteiger partial charge in [0, 0.05) is 6.04 Å². The minimum Gasteiger partial charge on any atom is -0.508 e. The monoisotopic (exact) mass is 207 g/mol. The molecule has 2 rings (SSSR count). The zero-order valence-electron chi connectivity index (χ0n) is 8.40. The van der Waals surface area contributed by atoms with Gasteiger partial charge in [0.25, 0.3) is 0 Å². The van der Waals surface area contributed by atoms with E-state index in [0.29, 0.717) is 6.42 Å². The van der Waals surface area contributed by atoms with Crippen LogP contribution >= 0.6 is 0 Å². The third-order valence-electron chi connectivity index (χ3n) is 2.77. The van der Waals surface area contributed by atoms with Crippen LogP contribution in [0, 0.1) is 0 Å². The Hall–Kier alpha value is -1.55. The first-order chi connectivity index (χ1) is 7.08. The van der Waals surface area contributed by atoms with Gasteiger partial charge in [0.15, 0.2) is 0 Å². The number of aromatic hydroxyl groups is 1. The van der Waals surface area contributed by atoms with Crippen LogP contribution in [0.1, 0.15) is 24.1 Å². The Labute approximate surface area is 87.6 Å². The lowest BCUT2D eigenvalue weighted by atomic mass is 9.91. The fraction of sp³-hybridized carbons (Fsp3) is 0.364. The van der Waals surface area contributed by atoms with Crippen molar-refractivity contribution in [2.24, 2.45) is 0 Å². The summed E-state index contributed by atoms with van der Waals surface area (Å²) in [7, 11) is 0. The molecule has 15 heavy (non-hydrogen) atoms. The molecule has 1 unspecified atom stereocenters. The lowest BCUT2D eigenvalue weighted by molar-refractivity contribution is -0.139. The first-order valence-electron chi connectivity index (χ1n) is 4.88. The molecule has 0 amide bonds. The van der Waals surface area contributed by atoms with Crippen molar-refractivity contribution in [3.05, 3.63) is 29.3 Å². The molecule has 1 aliphatic heterocycles. The molecule has 0 radical (unpaired) electrons. The molecule has 80 valence electrons. The minimum atomic E-state index is -0.833. The highest BCUT2D eigenvalue weighted by Gasteiger charge is 2.27. The fourth-order valence-corrected chi connectivity index (χ4v) is 2.00. The van der Waals surface area contributed by atoms with Crippen LogP contribution in [-0.2, 0) is 11.2 Å². The van der Waals surface area contributed by atoms with Crippen LogP contribution in [-0.4, -0.2) is 22.2 Å². The number of phenolic OH excluding ortho intramolecular Hbond substituents is 1. The summed E-state index contributed by atoms with van der Waals surface area (Å²) in [6, 6.07) is 4.50. The highest BCUT2D eigenvalue weighted by molar-refractivity contribution is 5.74. The molecule has 0 aliphatic carbocycles. The second-order valence-corrected chi connectivity index (χ2v) is 3.87. The average molecular weight is 207 g/mol. The maximum Gasteiger partial charge on any atom is 0.321 e. The number of fused-ring (bicyclic) bond motifs is 1. The van der Waals surface area contributed by atoms with Crippen LogP contribution in [0.25, 0.3) is 0 Å². The Morgan fingerprint density at radius 1 is 1.53 bits per heavy atom. The Kier molecular flexibility index (Phi) is 2.36. The van der Waals surface area contributed by atoms with E-state index in [1.807, 2.05) is 6.92 Å². The molecule has 3 N–H and O–H groups in total. The van der Waals surface area contributed by atoms with Crippen LogP contribution in [0.3, 0.4) is 0 Å². The highest BCUT2D eigenvalue weighted by Crippen LogP contribution is 2.28. The predicted molar refractivity (Wildman–Crippen MR) is 54.8 cm³/mol. The third-order valence-corrected chi connectivity index (χ3v) is 2.77. The predicted octanol–water partition coefficient (Wildman–Crippen LogP) is 1.05. The number of aliphatic carboxylic acids is 1. The molecule has 0 saturated carbocycles. The van der Waals surface area contributed by atoms with Crippen molar-refractivity contribution >= 4 is 5.97 Å². The van der Waals surface area contributed by atoms with Gasteiger partial charge in [-0.2, -0.15) is 0 Å². The molecule has 0 aromatic heterocycles. The second kappa shape index (κ2) is 3.55. The van der Waals surface area contributed by atoms with Crippen molar-refractivity contribution in [3.8, 4) is 5.75 Å². The molecule has 0 spiro atoms. The summed E-state index contributed by atoms with van der Waals surface area (Å²) in [5, 5.41) is 21.2. The summed E-state index contributed by atoms with van der Waals surface area (Å²) in [4.78, 5) is 10.9. The van der Waals surface area contributed by atoms with Crippen molar-refractivity contribution in [2.75, 3.05) is 0 Å². The SMILES string of the molecule is C[C@H]1NC(C(=O)O)Cc2ccc(O)cc21. The third kappa shape index (κ3) is 1.80. The second-order valence-electron chi connectivity index (χ2n) is 3.87. The first-order valence-corrected chi connectivity index (χ1v) is 4.88. The van der Waals surface area contributed by atoms with Gasteiger partial charge in [-0.05, 0) is 36.6 Å². The van der Waals surface area contributed by atoms with Crippen LogP contribution < -0.4 is 5.32 Å². The van der Waals surface area contributed by atoms with Crippen molar-refractivity contribution in [1.29, 1.82) is 0 Å². The highest BCUT2D eigenvalue weighted by atomic mass is 16.4. The van der Waals surface area contributed by atoms with E-state index in [4.69, 9.17) is 5.11 Å². The van der Waals surface area contributed by atoms with E-state index < -0.39 is 12.0 Å². The van der Waals surface area contributed by atoms with E-state index in [0.717, 1.165) is 11.1 Å². The Morgan fingerprint density at radius 2 is 2.27 bits per heavy atom. The molecule has 1 aliphatic rings. The van der Waals surface area contributed by atoms with E-state index in [2.05, 4.69) is 5.32 Å². The summed E-state index contributed by atoms with van der Waals surface area (Å²) < 4.78 is 0. The molecular formula is C11H13NO3. The Bertz CT molecular complexity index is 403. The molecule has 4 nitrogen and oxygen atoms in total. The number of phenols is 1. The smallest absolute Gasteiger partial charge is 0.321 e. The summed E-state index contributed by atoms with van der Waals surface area (Å²) >= 11 is 0. The maximum absolute atomic E-state index is 10.9. The quantitative estimate of drug-likeness (QED) is 0.643. The topological polar surface area (TPSA) is 69.6 Å². The molecule has 0 fully saturated rings. The molecule has 1 aromatic carbocycles. The molecule has 1 aromatic rings. The van der Waals surface area contributed by atoms with E-state index in [1.165, 1.54) is 0 Å². The van der Waals surface area contributed by atoms with Gasteiger partial charge in [-0.15, -0.1) is 0 Å². The van der Waals surface area contributed by atoms with Crippen LogP contribution in [0.2, 0.25) is 0 Å². The molecule has 1 heterocycles. The fourth-order valence-electron chi connectivity index (χ4n) is 2.00. The largest absolute Gasteiger partial charge is 0.508 e. The van der Waals surface area contributed by atoms with Crippen LogP contribution in [0.15, 0.2) is 18.2 Å². The molecule has 2 atom stereocenters. The normalized spacial score (nSPS) is 24.6. The number of benzene rings is 1. The van der Waals surface area contributed by atoms with Gasteiger partial charge in [-0.25, -0.2) is 0 Å². The number of carboxylic acid groups (broad SMARTS) is 1. The minimum absolute atomic E-state index is 0.0399. The molecule has 0 saturated heterocycles. The van der Waals surface area contributed by atoms with Crippen molar-refractivity contribution in [2.45, 2.75) is 25.4 Å². The van der Waals surface area contributed by atoms with Gasteiger partial charge in [-0.3, -0.25) is 10.1 Å². The van der Waals surface area contributed by atoms with E-state index in [-0.39, 0.29) is 11.8 Å². The van der Waals surface area contributed by atoms with Crippen molar-refractivity contribution in [3.63, 3.8) is 0 Å². The van der Waals surface area contributed by atoms with Gasteiger partial charge in [0.05, 0.1) is 0 Å². The van der Waals surface area contributed by atoms with Gasteiger partial charge in [0.2, 0.25) is 0 Å². The molecular weight excluding hydrogens is 194 g/mol. The van der Waals surface area contributed by atoms with E-state index >= 15 is 0 Å². The number of nitrogens with one attached hydrogen (secondary N) is 1. The molecule has 4 heteroatoms. The van der Waals surface area contributed by atoms with Gasteiger partial charge in [0.1, 0.15) is 11.8 Å². The van der Waals surface area contributed by atoms with Gasteiger partial charge < -0.3 is 10.2 Å². The number of rotatable bonds is 1. The number of hydrogen-bond acceptors (Lipinski definition) is 3. The van der Waals surface area contributed by atoms with Gasteiger partial charge >= 0.3 is 5.97 Å². The standard InChI is InChI=1S/C11H13NO3/c1-6-9-5-8(13)3-2-7(9)4-10(12-6)11(14)15/h2-3,5-6,10,12-13H,4H2,1H3,(H,14,15)/t6-,10?/m1/s1. The summed E-state index contributed by atoms with van der Waals surface area (Å²) in [5.41, 5.74) is 1.97. The Balaban J connectivity index is 2.36. The zero-order chi connectivity index (χ0) is 11.0. The average Bonchev–Trinajstić information content (AvgIpc) is 2.18. The van der Waals surface area contributed by atoms with E-state index in [9.17, 15) is 9.90 Å². The van der Waals surface area contributed by atoms with Crippen molar-refractivity contribution in [1.82, 2.24) is 5.32 Å². The van der Waals surface area contributed by atoms with Crippen LogP contribution in [0.4, 0.5) is 0 Å². The summed E-state index contributed by atoms with van der Waals surface area (Å²) in [6.45, 7) is 1.90.